The van der Waals surface area contributed by atoms with E-state index >= 15 is 0 Å². The lowest BCUT2D eigenvalue weighted by Gasteiger charge is -2.29. The summed E-state index contributed by atoms with van der Waals surface area (Å²) in [5.41, 5.74) is 9.51. The van der Waals surface area contributed by atoms with Crippen molar-refractivity contribution >= 4 is 79.7 Å². The SMILES string of the molecule is CO[C@H]1C[C@H](C(=O)NCc2ccc(-c3scnc3C)cc2)N(C(=O)[C@@H](CSSC[C@H](NC(=O)CCC(C)C)C(=O)N2CCC[C@H]2C(=O)NCc2ccc(-c3scnc3C)cc2)NC(=O)CCC(C)C)C1. The lowest BCUT2D eigenvalue weighted by atomic mass is 10.1. The van der Waals surface area contributed by atoms with E-state index < -0.39 is 30.1 Å². The first-order valence-corrected chi connectivity index (χ1v) is 28.4. The quantitative estimate of drug-likeness (QED) is 0.0407. The van der Waals surface area contributed by atoms with E-state index in [9.17, 15) is 28.8 Å². The number of methoxy groups -OCH3 is 1. The minimum Gasteiger partial charge on any atom is -0.380 e. The van der Waals surface area contributed by atoms with Gasteiger partial charge in [-0.05, 0) is 73.6 Å². The summed E-state index contributed by atoms with van der Waals surface area (Å²) in [6.45, 7) is 13.2. The average Bonchev–Trinajstić information content (AvgIpc) is 4.19. The Morgan fingerprint density at radius 3 is 1.57 bits per heavy atom. The molecule has 4 aromatic rings. The van der Waals surface area contributed by atoms with E-state index in [2.05, 4.69) is 31.2 Å². The van der Waals surface area contributed by atoms with Crippen LogP contribution < -0.4 is 21.3 Å². The molecule has 0 saturated carbocycles. The van der Waals surface area contributed by atoms with Crippen LogP contribution in [0.15, 0.2) is 59.6 Å². The number of aryl methyl sites for hydroxylation is 2. The number of hydrogen-bond donors (Lipinski definition) is 4. The molecule has 6 amide bonds. The highest BCUT2D eigenvalue weighted by molar-refractivity contribution is 8.76. The van der Waals surface area contributed by atoms with Crippen molar-refractivity contribution in [2.24, 2.45) is 11.8 Å². The number of likely N-dealkylation sites (tertiary alicyclic amines) is 2. The maximum Gasteiger partial charge on any atom is 0.246 e. The normalized spacial score (nSPS) is 17.7. The molecule has 15 nitrogen and oxygen atoms in total. The molecular formula is C51H68N8O7S4. The molecule has 70 heavy (non-hydrogen) atoms. The molecule has 5 atom stereocenters. The third-order valence-electron chi connectivity index (χ3n) is 12.6. The fourth-order valence-corrected chi connectivity index (χ4v) is 12.4. The third kappa shape index (κ3) is 15.3. The number of benzene rings is 2. The number of ether oxygens (including phenoxy) is 1. The molecule has 4 N–H and O–H groups in total. The van der Waals surface area contributed by atoms with Crippen molar-refractivity contribution < 1.29 is 33.5 Å². The molecule has 2 aromatic carbocycles. The van der Waals surface area contributed by atoms with E-state index in [0.717, 1.165) is 43.4 Å². The molecule has 0 unspecified atom stereocenters. The van der Waals surface area contributed by atoms with Gasteiger partial charge in [0.15, 0.2) is 0 Å². The summed E-state index contributed by atoms with van der Waals surface area (Å²) in [6, 6.07) is 12.5. The van der Waals surface area contributed by atoms with Crippen molar-refractivity contribution in [2.75, 3.05) is 31.7 Å². The summed E-state index contributed by atoms with van der Waals surface area (Å²) < 4.78 is 5.67. The Balaban J connectivity index is 1.09. The van der Waals surface area contributed by atoms with Gasteiger partial charge in [-0.25, -0.2) is 9.97 Å². The molecule has 19 heteroatoms. The zero-order valence-electron chi connectivity index (χ0n) is 41.3. The predicted molar refractivity (Wildman–Crippen MR) is 281 cm³/mol. The average molecular weight is 1030 g/mol. The highest BCUT2D eigenvalue weighted by Gasteiger charge is 2.43. The van der Waals surface area contributed by atoms with Crippen molar-refractivity contribution in [2.45, 2.75) is 130 Å². The van der Waals surface area contributed by atoms with Crippen LogP contribution in [0.3, 0.4) is 0 Å². The molecule has 378 valence electrons. The Labute approximate surface area is 428 Å². The van der Waals surface area contributed by atoms with E-state index in [0.29, 0.717) is 45.2 Å². The zero-order chi connectivity index (χ0) is 50.3. The summed E-state index contributed by atoms with van der Waals surface area (Å²) in [4.78, 5) is 97.1. The fraction of sp³-hybridized carbons (Fsp3) is 0.529. The van der Waals surface area contributed by atoms with E-state index in [4.69, 9.17) is 4.74 Å². The van der Waals surface area contributed by atoms with Gasteiger partial charge in [0.05, 0.1) is 38.3 Å². The monoisotopic (exact) mass is 1030 g/mol. The molecule has 0 bridgehead atoms. The van der Waals surface area contributed by atoms with E-state index in [1.807, 2.05) is 101 Å². The summed E-state index contributed by atoms with van der Waals surface area (Å²) in [6.07, 6.45) is 2.82. The van der Waals surface area contributed by atoms with Gasteiger partial charge in [-0.1, -0.05) is 97.8 Å². The predicted octanol–water partition coefficient (Wildman–Crippen LogP) is 7.31. The first-order chi connectivity index (χ1) is 33.6. The minimum atomic E-state index is -0.986. The Morgan fingerprint density at radius 1 is 0.686 bits per heavy atom. The number of aromatic nitrogens is 2. The highest BCUT2D eigenvalue weighted by Crippen LogP contribution is 2.31. The Hall–Kier alpha value is -4.82. The van der Waals surface area contributed by atoms with Crippen LogP contribution in [-0.2, 0) is 46.6 Å². The second-order valence-corrected chi connectivity index (χ2v) is 23.1. The summed E-state index contributed by atoms with van der Waals surface area (Å²) in [7, 11) is 4.16. The maximum absolute atomic E-state index is 14.5. The molecule has 0 radical (unpaired) electrons. The first kappa shape index (κ1) is 54.5. The van der Waals surface area contributed by atoms with Crippen LogP contribution in [0.5, 0.6) is 0 Å². The fourth-order valence-electron chi connectivity index (χ4n) is 8.44. The van der Waals surface area contributed by atoms with Crippen LogP contribution in [0.4, 0.5) is 0 Å². The first-order valence-electron chi connectivity index (χ1n) is 24.1. The zero-order valence-corrected chi connectivity index (χ0v) is 44.6. The van der Waals surface area contributed by atoms with Gasteiger partial charge in [0.25, 0.3) is 0 Å². The number of nitrogens with one attached hydrogen (secondary N) is 4. The molecule has 0 aliphatic carbocycles. The third-order valence-corrected chi connectivity index (χ3v) is 17.0. The van der Waals surface area contributed by atoms with Gasteiger partial charge in [0.2, 0.25) is 35.4 Å². The van der Waals surface area contributed by atoms with Crippen LogP contribution in [0.1, 0.15) is 95.2 Å². The lowest BCUT2D eigenvalue weighted by molar-refractivity contribution is -0.141. The number of amides is 6. The second kappa shape index (κ2) is 26.6. The van der Waals surface area contributed by atoms with Crippen LogP contribution >= 0.6 is 44.3 Å². The number of carbonyl (C=O) groups is 6. The van der Waals surface area contributed by atoms with Crippen molar-refractivity contribution in [1.29, 1.82) is 0 Å². The molecule has 2 fully saturated rings. The molecule has 0 spiro atoms. The van der Waals surface area contributed by atoms with E-state index in [-0.39, 0.29) is 84.9 Å². The molecule has 2 aromatic heterocycles. The molecule has 2 aliphatic heterocycles. The van der Waals surface area contributed by atoms with Gasteiger partial charge in [0, 0.05) is 64.1 Å². The molecular weight excluding hydrogens is 965 g/mol. The highest BCUT2D eigenvalue weighted by atomic mass is 33.1. The van der Waals surface area contributed by atoms with Crippen LogP contribution in [-0.4, -0.2) is 117 Å². The number of carbonyl (C=O) groups excluding carboxylic acids is 6. The molecule has 4 heterocycles. The van der Waals surface area contributed by atoms with E-state index in [1.165, 1.54) is 26.5 Å². The minimum absolute atomic E-state index is 0.132. The van der Waals surface area contributed by atoms with Gasteiger partial charge < -0.3 is 35.8 Å². The van der Waals surface area contributed by atoms with Crippen molar-refractivity contribution in [3.05, 3.63) is 82.1 Å². The molecule has 2 saturated heterocycles. The Kier molecular flexibility index (Phi) is 20.7. The standard InChI is InChI=1S/C51H68N8O7S4/c1-31(2)10-20-44(60)56-40(50(64)58-22-8-9-42(58)48(62)52-24-35-12-16-37(17-13-35)46-33(5)54-29-67-46)27-69-70-28-41(57-45(61)21-11-32(3)4)51(65)59-26-39(66-7)23-43(59)49(63)53-25-36-14-18-38(19-15-36)47-34(6)55-30-68-47/h12-19,29-32,39-43H,8-11,20-28H2,1-7H3,(H,52,62)(H,53,63)(H,56,60)(H,57,61)/t39-,40-,41+,42-,43+/m0/s1. The van der Waals surface area contributed by atoms with Crippen molar-refractivity contribution in [3.63, 3.8) is 0 Å². The van der Waals surface area contributed by atoms with Gasteiger partial charge in [0.1, 0.15) is 24.2 Å². The van der Waals surface area contributed by atoms with Crippen molar-refractivity contribution in [3.8, 4) is 20.9 Å². The van der Waals surface area contributed by atoms with Gasteiger partial charge in [-0.2, -0.15) is 0 Å². The summed E-state index contributed by atoms with van der Waals surface area (Å²) in [5.74, 6) is -1.00. The second-order valence-electron chi connectivity index (χ2n) is 18.8. The number of thiazole rings is 2. The lowest BCUT2D eigenvalue weighted by Crippen LogP contribution is -2.54. The van der Waals surface area contributed by atoms with Gasteiger partial charge in [-0.3, -0.25) is 28.8 Å². The van der Waals surface area contributed by atoms with Crippen LogP contribution in [0, 0.1) is 25.7 Å². The Bertz CT molecular complexity index is 2390. The van der Waals surface area contributed by atoms with Crippen LogP contribution in [0.25, 0.3) is 20.9 Å². The number of hydrogen-bond acceptors (Lipinski definition) is 13. The number of rotatable bonds is 24. The molecule has 6 rings (SSSR count). The number of nitrogens with zero attached hydrogens (tertiary/aromatic N) is 4. The van der Waals surface area contributed by atoms with Crippen molar-refractivity contribution in [1.82, 2.24) is 41.0 Å². The topological polar surface area (TPSA) is 192 Å². The summed E-state index contributed by atoms with van der Waals surface area (Å²) in [5, 5.41) is 12.0. The largest absolute Gasteiger partial charge is 0.380 e. The summed E-state index contributed by atoms with van der Waals surface area (Å²) >= 11 is 3.16. The van der Waals surface area contributed by atoms with Crippen LogP contribution in [0.2, 0.25) is 0 Å². The maximum atomic E-state index is 14.5. The molecule has 2 aliphatic rings. The smallest absolute Gasteiger partial charge is 0.246 e. The van der Waals surface area contributed by atoms with Gasteiger partial charge in [-0.15, -0.1) is 22.7 Å². The van der Waals surface area contributed by atoms with Gasteiger partial charge >= 0.3 is 0 Å². The van der Waals surface area contributed by atoms with E-state index in [1.54, 1.807) is 34.7 Å². The Morgan fingerprint density at radius 2 is 1.14 bits per heavy atom.